The highest BCUT2D eigenvalue weighted by Gasteiger charge is 2.24. The highest BCUT2D eigenvalue weighted by molar-refractivity contribution is 5.83. The van der Waals surface area contributed by atoms with Gasteiger partial charge < -0.3 is 5.32 Å². The summed E-state index contributed by atoms with van der Waals surface area (Å²) < 4.78 is 0. The maximum absolute atomic E-state index is 12.3. The normalized spacial score (nSPS) is 15.7. The van der Waals surface area contributed by atoms with Crippen LogP contribution in [0.3, 0.4) is 0 Å². The molecule has 1 aliphatic carbocycles. The summed E-state index contributed by atoms with van der Waals surface area (Å²) in [7, 11) is 0. The third kappa shape index (κ3) is 2.60. The van der Waals surface area contributed by atoms with Gasteiger partial charge in [0.25, 0.3) is 0 Å². The van der Waals surface area contributed by atoms with Gasteiger partial charge in [-0.15, -0.1) is 0 Å². The van der Waals surface area contributed by atoms with Crippen LogP contribution in [-0.4, -0.2) is 11.9 Å². The molecule has 0 spiro atoms. The van der Waals surface area contributed by atoms with Crippen molar-refractivity contribution in [3.63, 3.8) is 0 Å². The van der Waals surface area contributed by atoms with Crippen LogP contribution in [0.5, 0.6) is 0 Å². The number of hydrogen-bond donors (Lipinski definition) is 1. The van der Waals surface area contributed by atoms with Crippen molar-refractivity contribution in [2.75, 3.05) is 0 Å². The van der Waals surface area contributed by atoms with E-state index in [2.05, 4.69) is 29.6 Å². The molecule has 2 aromatic rings. The van der Waals surface area contributed by atoms with E-state index in [9.17, 15) is 4.79 Å². The van der Waals surface area contributed by atoms with Crippen molar-refractivity contribution in [1.29, 1.82) is 0 Å². The molecule has 0 saturated carbocycles. The van der Waals surface area contributed by atoms with Crippen molar-refractivity contribution < 1.29 is 4.79 Å². The number of carbonyl (C=O) groups excluding carboxylic acids is 1. The Bertz CT molecular complexity index is 581. The Balaban J connectivity index is 1.64. The number of fused-ring (bicyclic) bond motifs is 1. The summed E-state index contributed by atoms with van der Waals surface area (Å²) >= 11 is 0. The number of hydrogen-bond acceptors (Lipinski definition) is 1. The molecule has 1 amide bonds. The molecule has 102 valence electrons. The third-order valence-electron chi connectivity index (χ3n) is 4.09. The van der Waals surface area contributed by atoms with Gasteiger partial charge in [-0.1, -0.05) is 54.6 Å². The maximum atomic E-state index is 12.3. The smallest absolute Gasteiger partial charge is 0.227 e. The van der Waals surface area contributed by atoms with Crippen molar-refractivity contribution in [3.8, 4) is 0 Å². The molecule has 0 fully saturated rings. The van der Waals surface area contributed by atoms with Crippen molar-refractivity contribution in [3.05, 3.63) is 71.3 Å². The molecule has 2 nitrogen and oxygen atoms in total. The highest BCUT2D eigenvalue weighted by atomic mass is 16.1. The van der Waals surface area contributed by atoms with Crippen LogP contribution in [0.25, 0.3) is 0 Å². The number of rotatable bonds is 3. The van der Waals surface area contributed by atoms with E-state index in [-0.39, 0.29) is 17.9 Å². The maximum Gasteiger partial charge on any atom is 0.227 e. The Morgan fingerprint density at radius 2 is 1.55 bits per heavy atom. The molecular formula is C18H19NO. The Labute approximate surface area is 119 Å². The lowest BCUT2D eigenvalue weighted by Gasteiger charge is -2.17. The fraction of sp³-hybridized carbons (Fsp3) is 0.278. The summed E-state index contributed by atoms with van der Waals surface area (Å²) in [5.74, 6) is 0.0221. The van der Waals surface area contributed by atoms with E-state index < -0.39 is 0 Å². The number of amides is 1. The molecule has 1 atom stereocenters. The summed E-state index contributed by atoms with van der Waals surface area (Å²) in [5, 5.41) is 3.19. The van der Waals surface area contributed by atoms with Crippen LogP contribution < -0.4 is 5.32 Å². The summed E-state index contributed by atoms with van der Waals surface area (Å²) in [6.45, 7) is 1.97. The SMILES string of the molecule is C[C@H](C(=O)NC1Cc2ccccc2C1)c1ccccc1. The minimum Gasteiger partial charge on any atom is -0.352 e. The Kier molecular flexibility index (Phi) is 3.55. The Hall–Kier alpha value is -2.09. The first-order valence-electron chi connectivity index (χ1n) is 7.16. The fourth-order valence-electron chi connectivity index (χ4n) is 2.88. The summed E-state index contributed by atoms with van der Waals surface area (Å²) in [6.07, 6.45) is 1.90. The van der Waals surface area contributed by atoms with E-state index in [4.69, 9.17) is 0 Å². The van der Waals surface area contributed by atoms with Crippen molar-refractivity contribution in [1.82, 2.24) is 5.32 Å². The second-order valence-electron chi connectivity index (χ2n) is 5.51. The van der Waals surface area contributed by atoms with Crippen LogP contribution in [-0.2, 0) is 17.6 Å². The first kappa shape index (κ1) is 12.9. The molecule has 2 aromatic carbocycles. The molecule has 0 unspecified atom stereocenters. The minimum atomic E-state index is -0.0973. The Morgan fingerprint density at radius 3 is 2.15 bits per heavy atom. The van der Waals surface area contributed by atoms with Gasteiger partial charge in [0.2, 0.25) is 5.91 Å². The third-order valence-corrected chi connectivity index (χ3v) is 4.09. The van der Waals surface area contributed by atoms with Crippen molar-refractivity contribution in [2.45, 2.75) is 31.7 Å². The summed E-state index contributed by atoms with van der Waals surface area (Å²) in [4.78, 5) is 12.3. The lowest BCUT2D eigenvalue weighted by atomic mass is 10.00. The molecule has 1 aliphatic rings. The average Bonchev–Trinajstić information content (AvgIpc) is 2.89. The van der Waals surface area contributed by atoms with E-state index >= 15 is 0 Å². The summed E-state index contributed by atoms with van der Waals surface area (Å²) in [6, 6.07) is 18.6. The predicted molar refractivity (Wildman–Crippen MR) is 80.6 cm³/mol. The first-order chi connectivity index (χ1) is 9.74. The fourth-order valence-corrected chi connectivity index (χ4v) is 2.88. The highest BCUT2D eigenvalue weighted by Crippen LogP contribution is 2.23. The van der Waals surface area contributed by atoms with Crippen molar-refractivity contribution in [2.24, 2.45) is 0 Å². The van der Waals surface area contributed by atoms with Crippen molar-refractivity contribution >= 4 is 5.91 Å². The lowest BCUT2D eigenvalue weighted by molar-refractivity contribution is -0.122. The molecule has 1 N–H and O–H groups in total. The van der Waals surface area contributed by atoms with Crippen LogP contribution in [0, 0.1) is 0 Å². The largest absolute Gasteiger partial charge is 0.352 e. The topological polar surface area (TPSA) is 29.1 Å². The molecule has 2 heteroatoms. The second kappa shape index (κ2) is 5.49. The molecule has 0 saturated heterocycles. The first-order valence-corrected chi connectivity index (χ1v) is 7.16. The molecule has 0 bridgehead atoms. The number of nitrogens with one attached hydrogen (secondary N) is 1. The zero-order valence-corrected chi connectivity index (χ0v) is 11.7. The molecule has 0 aromatic heterocycles. The molecule has 20 heavy (non-hydrogen) atoms. The zero-order chi connectivity index (χ0) is 13.9. The molecule has 3 rings (SSSR count). The van der Waals surface area contributed by atoms with E-state index in [1.807, 2.05) is 37.3 Å². The van der Waals surface area contributed by atoms with E-state index in [0.717, 1.165) is 18.4 Å². The van der Waals surface area contributed by atoms with Gasteiger partial charge in [0.1, 0.15) is 0 Å². The monoisotopic (exact) mass is 265 g/mol. The van der Waals surface area contributed by atoms with Crippen LogP contribution in [0.1, 0.15) is 29.5 Å². The van der Waals surface area contributed by atoms with E-state index in [1.165, 1.54) is 11.1 Å². The standard InChI is InChI=1S/C18H19NO/c1-13(14-7-3-2-4-8-14)18(20)19-17-11-15-9-5-6-10-16(15)12-17/h2-10,13,17H,11-12H2,1H3,(H,19,20)/t13-/m0/s1. The van der Waals surface area contributed by atoms with Gasteiger partial charge in [0.15, 0.2) is 0 Å². The predicted octanol–water partition coefficient (Wildman–Crippen LogP) is 3.07. The Morgan fingerprint density at radius 1 is 1.00 bits per heavy atom. The summed E-state index contributed by atoms with van der Waals surface area (Å²) in [5.41, 5.74) is 3.80. The average molecular weight is 265 g/mol. The second-order valence-corrected chi connectivity index (χ2v) is 5.51. The van der Waals surface area contributed by atoms with Gasteiger partial charge in [-0.2, -0.15) is 0 Å². The molecule has 0 radical (unpaired) electrons. The van der Waals surface area contributed by atoms with Crippen LogP contribution in [0.4, 0.5) is 0 Å². The van der Waals surface area contributed by atoms with Gasteiger partial charge in [-0.3, -0.25) is 4.79 Å². The van der Waals surface area contributed by atoms with Gasteiger partial charge in [0, 0.05) is 6.04 Å². The minimum absolute atomic E-state index is 0.0973. The van der Waals surface area contributed by atoms with Crippen LogP contribution in [0.2, 0.25) is 0 Å². The lowest BCUT2D eigenvalue weighted by Crippen LogP contribution is -2.37. The number of benzene rings is 2. The van der Waals surface area contributed by atoms with Gasteiger partial charge in [0.05, 0.1) is 5.92 Å². The number of carbonyl (C=O) groups is 1. The van der Waals surface area contributed by atoms with Crippen LogP contribution >= 0.6 is 0 Å². The van der Waals surface area contributed by atoms with Gasteiger partial charge >= 0.3 is 0 Å². The quantitative estimate of drug-likeness (QED) is 0.908. The molecule has 0 heterocycles. The van der Waals surface area contributed by atoms with Gasteiger partial charge in [-0.05, 0) is 36.5 Å². The van der Waals surface area contributed by atoms with Gasteiger partial charge in [-0.25, -0.2) is 0 Å². The molecular weight excluding hydrogens is 246 g/mol. The van der Waals surface area contributed by atoms with Crippen LogP contribution in [0.15, 0.2) is 54.6 Å². The van der Waals surface area contributed by atoms with E-state index in [1.54, 1.807) is 0 Å². The van der Waals surface area contributed by atoms with E-state index in [0.29, 0.717) is 0 Å². The zero-order valence-electron chi connectivity index (χ0n) is 11.7. The molecule has 0 aliphatic heterocycles.